The summed E-state index contributed by atoms with van der Waals surface area (Å²) in [4.78, 5) is 23.1. The first-order valence-corrected chi connectivity index (χ1v) is 7.14. The summed E-state index contributed by atoms with van der Waals surface area (Å²) < 4.78 is 0. The van der Waals surface area contributed by atoms with Crippen molar-refractivity contribution in [1.82, 2.24) is 5.32 Å². The molecule has 0 bridgehead atoms. The highest BCUT2D eigenvalue weighted by molar-refractivity contribution is 5.87. The van der Waals surface area contributed by atoms with E-state index in [1.807, 2.05) is 42.5 Å². The second-order valence-electron chi connectivity index (χ2n) is 5.56. The van der Waals surface area contributed by atoms with Gasteiger partial charge in [-0.05, 0) is 29.2 Å². The fraction of sp³-hybridized carbons (Fsp3) is 0.294. The Kier molecular flexibility index (Phi) is 3.60. The molecule has 4 nitrogen and oxygen atoms in total. The molecule has 2 N–H and O–H groups in total. The Morgan fingerprint density at radius 3 is 2.52 bits per heavy atom. The standard InChI is InChI=1S/C17H17NO3/c19-16(13-7-8-13)18-15(17(20)21)10-11-5-6-12-3-1-2-4-14(12)9-11/h1-6,9,13,15H,7-8,10H2,(H,18,19)(H,20,21)/t15-/m1/s1. The monoisotopic (exact) mass is 283 g/mol. The van der Waals surface area contributed by atoms with Crippen molar-refractivity contribution in [1.29, 1.82) is 0 Å². The van der Waals surface area contributed by atoms with E-state index >= 15 is 0 Å². The number of rotatable bonds is 5. The molecule has 4 heteroatoms. The summed E-state index contributed by atoms with van der Waals surface area (Å²) in [5.41, 5.74) is 0.914. The van der Waals surface area contributed by atoms with Crippen LogP contribution in [-0.2, 0) is 16.0 Å². The quantitative estimate of drug-likeness (QED) is 0.885. The molecule has 0 aromatic heterocycles. The Morgan fingerprint density at radius 1 is 1.14 bits per heavy atom. The fourth-order valence-electron chi connectivity index (χ4n) is 2.44. The van der Waals surface area contributed by atoms with Gasteiger partial charge in [-0.1, -0.05) is 42.5 Å². The largest absolute Gasteiger partial charge is 0.480 e. The minimum absolute atomic E-state index is 0.0171. The highest BCUT2D eigenvalue weighted by Crippen LogP contribution is 2.29. The molecule has 2 aromatic rings. The normalized spacial score (nSPS) is 15.6. The summed E-state index contributed by atoms with van der Waals surface area (Å²) >= 11 is 0. The number of fused-ring (bicyclic) bond motifs is 1. The molecule has 1 atom stereocenters. The number of aliphatic carboxylic acids is 1. The van der Waals surface area contributed by atoms with Gasteiger partial charge in [-0.25, -0.2) is 4.79 Å². The van der Waals surface area contributed by atoms with Crippen LogP contribution in [-0.4, -0.2) is 23.0 Å². The maximum atomic E-state index is 11.7. The molecule has 108 valence electrons. The van der Waals surface area contributed by atoms with Gasteiger partial charge in [0.1, 0.15) is 6.04 Å². The van der Waals surface area contributed by atoms with Crippen molar-refractivity contribution in [2.24, 2.45) is 5.92 Å². The average Bonchev–Trinajstić information content (AvgIpc) is 3.31. The molecule has 0 saturated heterocycles. The van der Waals surface area contributed by atoms with Gasteiger partial charge in [-0.3, -0.25) is 4.79 Å². The predicted molar refractivity (Wildman–Crippen MR) is 79.9 cm³/mol. The molecular formula is C17H17NO3. The zero-order valence-electron chi connectivity index (χ0n) is 11.6. The maximum Gasteiger partial charge on any atom is 0.326 e. The van der Waals surface area contributed by atoms with Crippen LogP contribution in [0.4, 0.5) is 0 Å². The molecule has 3 rings (SSSR count). The molecule has 21 heavy (non-hydrogen) atoms. The van der Waals surface area contributed by atoms with Crippen molar-refractivity contribution in [3.05, 3.63) is 48.0 Å². The van der Waals surface area contributed by atoms with Crippen LogP contribution in [0.15, 0.2) is 42.5 Å². The van der Waals surface area contributed by atoms with Crippen molar-refractivity contribution >= 4 is 22.6 Å². The van der Waals surface area contributed by atoms with E-state index in [2.05, 4.69) is 5.32 Å². The van der Waals surface area contributed by atoms with Gasteiger partial charge < -0.3 is 10.4 Å². The smallest absolute Gasteiger partial charge is 0.326 e. The highest BCUT2D eigenvalue weighted by Gasteiger charge is 2.32. The Morgan fingerprint density at radius 2 is 1.86 bits per heavy atom. The summed E-state index contributed by atoms with van der Waals surface area (Å²) in [6.07, 6.45) is 2.04. The third-order valence-corrected chi connectivity index (χ3v) is 3.82. The van der Waals surface area contributed by atoms with Crippen LogP contribution >= 0.6 is 0 Å². The van der Waals surface area contributed by atoms with E-state index in [0.29, 0.717) is 6.42 Å². The molecule has 1 aliphatic rings. The van der Waals surface area contributed by atoms with Crippen LogP contribution in [0.5, 0.6) is 0 Å². The number of carboxylic acids is 1. The maximum absolute atomic E-state index is 11.7. The second-order valence-corrected chi connectivity index (χ2v) is 5.56. The van der Waals surface area contributed by atoms with Gasteiger partial charge >= 0.3 is 5.97 Å². The molecule has 0 aliphatic heterocycles. The number of carbonyl (C=O) groups excluding carboxylic acids is 1. The molecule has 1 aliphatic carbocycles. The summed E-state index contributed by atoms with van der Waals surface area (Å²) in [7, 11) is 0. The average molecular weight is 283 g/mol. The van der Waals surface area contributed by atoms with Crippen molar-refractivity contribution < 1.29 is 14.7 Å². The lowest BCUT2D eigenvalue weighted by Crippen LogP contribution is -2.43. The van der Waals surface area contributed by atoms with E-state index in [9.17, 15) is 14.7 Å². The van der Waals surface area contributed by atoms with Crippen LogP contribution < -0.4 is 5.32 Å². The zero-order valence-corrected chi connectivity index (χ0v) is 11.6. The summed E-state index contributed by atoms with van der Waals surface area (Å²) in [6.45, 7) is 0. The lowest BCUT2D eigenvalue weighted by atomic mass is 10.0. The van der Waals surface area contributed by atoms with Gasteiger partial charge in [0.05, 0.1) is 0 Å². The lowest BCUT2D eigenvalue weighted by Gasteiger charge is -2.15. The Labute approximate surface area is 122 Å². The van der Waals surface area contributed by atoms with Crippen molar-refractivity contribution in [3.63, 3.8) is 0 Å². The SMILES string of the molecule is O=C(N[C@H](Cc1ccc2ccccc2c1)C(=O)O)C1CC1. The zero-order chi connectivity index (χ0) is 14.8. The van der Waals surface area contributed by atoms with Crippen LogP contribution in [0.1, 0.15) is 18.4 Å². The molecule has 1 amide bonds. The fourth-order valence-corrected chi connectivity index (χ4v) is 2.44. The van der Waals surface area contributed by atoms with Gasteiger partial charge in [0.15, 0.2) is 0 Å². The van der Waals surface area contributed by atoms with E-state index in [-0.39, 0.29) is 11.8 Å². The Bertz CT molecular complexity index is 691. The van der Waals surface area contributed by atoms with E-state index in [1.54, 1.807) is 0 Å². The molecule has 1 saturated carbocycles. The summed E-state index contributed by atoms with van der Waals surface area (Å²) in [5, 5.41) is 14.1. The van der Waals surface area contributed by atoms with E-state index in [4.69, 9.17) is 0 Å². The Hall–Kier alpha value is -2.36. The van der Waals surface area contributed by atoms with Crippen LogP contribution in [0.3, 0.4) is 0 Å². The van der Waals surface area contributed by atoms with Crippen LogP contribution in [0.25, 0.3) is 10.8 Å². The Balaban J connectivity index is 1.76. The van der Waals surface area contributed by atoms with E-state index < -0.39 is 12.0 Å². The predicted octanol–water partition coefficient (Wildman–Crippen LogP) is 2.36. The first kappa shape index (κ1) is 13.6. The highest BCUT2D eigenvalue weighted by atomic mass is 16.4. The molecule has 0 spiro atoms. The van der Waals surface area contributed by atoms with Gasteiger partial charge in [0.2, 0.25) is 5.91 Å². The number of amides is 1. The lowest BCUT2D eigenvalue weighted by molar-refractivity contribution is -0.142. The first-order valence-electron chi connectivity index (χ1n) is 7.14. The molecule has 0 radical (unpaired) electrons. The van der Waals surface area contributed by atoms with Crippen molar-refractivity contribution in [2.75, 3.05) is 0 Å². The number of hydrogen-bond donors (Lipinski definition) is 2. The third kappa shape index (κ3) is 3.21. The summed E-state index contributed by atoms with van der Waals surface area (Å²) in [6, 6.07) is 13.0. The van der Waals surface area contributed by atoms with Gasteiger partial charge in [0.25, 0.3) is 0 Å². The molecule has 0 heterocycles. The second kappa shape index (κ2) is 5.56. The van der Waals surface area contributed by atoms with Crippen molar-refractivity contribution in [3.8, 4) is 0 Å². The van der Waals surface area contributed by atoms with Crippen molar-refractivity contribution in [2.45, 2.75) is 25.3 Å². The number of carboxylic acid groups (broad SMARTS) is 1. The van der Waals surface area contributed by atoms with E-state index in [1.165, 1.54) is 0 Å². The van der Waals surface area contributed by atoms with Crippen LogP contribution in [0.2, 0.25) is 0 Å². The topological polar surface area (TPSA) is 66.4 Å². The number of nitrogens with one attached hydrogen (secondary N) is 1. The van der Waals surface area contributed by atoms with Crippen LogP contribution in [0, 0.1) is 5.92 Å². The van der Waals surface area contributed by atoms with Gasteiger partial charge in [-0.15, -0.1) is 0 Å². The third-order valence-electron chi connectivity index (χ3n) is 3.82. The number of hydrogen-bond acceptors (Lipinski definition) is 2. The minimum Gasteiger partial charge on any atom is -0.480 e. The number of benzene rings is 2. The minimum atomic E-state index is -0.989. The van der Waals surface area contributed by atoms with Gasteiger partial charge in [-0.2, -0.15) is 0 Å². The van der Waals surface area contributed by atoms with Gasteiger partial charge in [0, 0.05) is 12.3 Å². The number of carbonyl (C=O) groups is 2. The molecule has 0 unspecified atom stereocenters. The molecule has 2 aromatic carbocycles. The molecular weight excluding hydrogens is 266 g/mol. The van der Waals surface area contributed by atoms with E-state index in [0.717, 1.165) is 29.2 Å². The first-order chi connectivity index (χ1) is 10.1. The molecule has 1 fully saturated rings. The summed E-state index contributed by atoms with van der Waals surface area (Å²) in [5.74, 6) is -1.11.